The number of anilines is 1. The van der Waals surface area contributed by atoms with Gasteiger partial charge in [-0.2, -0.15) is 0 Å². The van der Waals surface area contributed by atoms with Gasteiger partial charge >= 0.3 is 0 Å². The van der Waals surface area contributed by atoms with Gasteiger partial charge in [-0.05, 0) is 48.5 Å². The number of carbonyl (C=O) groups is 1. The summed E-state index contributed by atoms with van der Waals surface area (Å²) in [7, 11) is 3.17. The molecule has 2 heterocycles. The second-order valence-corrected chi connectivity index (χ2v) is 7.38. The SMILES string of the molecule is COc1ccc(NC(=O)CSc2nc(-c3ccc(OC)cc3)nc3cc(=O)[nH]n23)cc1. The molecule has 0 radical (unpaired) electrons. The highest BCUT2D eigenvalue weighted by molar-refractivity contribution is 7.99. The molecule has 0 spiro atoms. The van der Waals surface area contributed by atoms with Crippen LogP contribution in [-0.2, 0) is 4.79 Å². The number of nitrogens with zero attached hydrogens (tertiary/aromatic N) is 3. The molecule has 0 saturated carbocycles. The summed E-state index contributed by atoms with van der Waals surface area (Å²) in [5.74, 6) is 1.76. The first-order valence-corrected chi connectivity index (χ1v) is 10.3. The monoisotopic (exact) mass is 437 g/mol. The molecule has 0 aliphatic heterocycles. The molecule has 4 rings (SSSR count). The van der Waals surface area contributed by atoms with Crippen molar-refractivity contribution in [2.75, 3.05) is 25.3 Å². The third-order valence-electron chi connectivity index (χ3n) is 4.38. The van der Waals surface area contributed by atoms with E-state index in [4.69, 9.17) is 9.47 Å². The van der Waals surface area contributed by atoms with Crippen LogP contribution in [0.3, 0.4) is 0 Å². The lowest BCUT2D eigenvalue weighted by molar-refractivity contribution is -0.113. The van der Waals surface area contributed by atoms with Gasteiger partial charge in [-0.3, -0.25) is 14.7 Å². The van der Waals surface area contributed by atoms with E-state index in [2.05, 4.69) is 20.4 Å². The minimum absolute atomic E-state index is 0.0976. The minimum atomic E-state index is -0.300. The number of thioether (sulfide) groups is 1. The molecule has 158 valence electrons. The maximum atomic E-state index is 12.4. The Balaban J connectivity index is 1.55. The van der Waals surface area contributed by atoms with Crippen molar-refractivity contribution in [2.45, 2.75) is 5.16 Å². The van der Waals surface area contributed by atoms with Crippen LogP contribution in [0.4, 0.5) is 5.69 Å². The van der Waals surface area contributed by atoms with Crippen LogP contribution in [0.15, 0.2) is 64.5 Å². The molecule has 1 amide bonds. The third kappa shape index (κ3) is 4.69. The Labute approximate surface area is 181 Å². The molecule has 2 aromatic carbocycles. The highest BCUT2D eigenvalue weighted by Crippen LogP contribution is 2.23. The van der Waals surface area contributed by atoms with Gasteiger partial charge in [0.1, 0.15) is 11.5 Å². The molecule has 0 bridgehead atoms. The quantitative estimate of drug-likeness (QED) is 0.428. The average Bonchev–Trinajstić information content (AvgIpc) is 3.18. The Kier molecular flexibility index (Phi) is 5.89. The zero-order valence-electron chi connectivity index (χ0n) is 16.8. The van der Waals surface area contributed by atoms with E-state index in [1.165, 1.54) is 22.3 Å². The number of ether oxygens (including phenoxy) is 2. The fraction of sp³-hybridized carbons (Fsp3) is 0.143. The van der Waals surface area contributed by atoms with E-state index in [-0.39, 0.29) is 17.2 Å². The van der Waals surface area contributed by atoms with Gasteiger partial charge < -0.3 is 14.8 Å². The number of nitrogens with one attached hydrogen (secondary N) is 2. The number of carbonyl (C=O) groups excluding carboxylic acids is 1. The van der Waals surface area contributed by atoms with Crippen LogP contribution in [0.1, 0.15) is 0 Å². The van der Waals surface area contributed by atoms with Gasteiger partial charge in [-0.15, -0.1) is 0 Å². The molecule has 0 unspecified atom stereocenters. The summed E-state index contributed by atoms with van der Waals surface area (Å²) < 4.78 is 11.8. The molecule has 0 atom stereocenters. The van der Waals surface area contributed by atoms with Crippen molar-refractivity contribution >= 4 is 29.0 Å². The highest BCUT2D eigenvalue weighted by atomic mass is 32.2. The van der Waals surface area contributed by atoms with Crippen molar-refractivity contribution in [3.8, 4) is 22.9 Å². The number of rotatable bonds is 7. The standard InChI is InChI=1S/C21H19N5O4S/c1-29-15-7-3-13(4-8-15)20-23-17-11-18(27)25-26(17)21(24-20)31-12-19(28)22-14-5-9-16(30-2)10-6-14/h3-11H,12H2,1-2H3,(H,22,28)(H,25,27). The van der Waals surface area contributed by atoms with Crippen molar-refractivity contribution in [3.63, 3.8) is 0 Å². The fourth-order valence-corrected chi connectivity index (χ4v) is 3.60. The second-order valence-electron chi connectivity index (χ2n) is 6.44. The molecule has 31 heavy (non-hydrogen) atoms. The maximum absolute atomic E-state index is 12.4. The first-order chi connectivity index (χ1) is 15.1. The van der Waals surface area contributed by atoms with E-state index in [1.54, 1.807) is 50.6 Å². The number of H-pyrrole nitrogens is 1. The molecular formula is C21H19N5O4S. The first kappa shape index (κ1) is 20.5. The molecule has 0 fully saturated rings. The molecule has 0 aliphatic carbocycles. The summed E-state index contributed by atoms with van der Waals surface area (Å²) in [6, 6.07) is 15.7. The van der Waals surface area contributed by atoms with Gasteiger partial charge in [0, 0.05) is 17.3 Å². The lowest BCUT2D eigenvalue weighted by atomic mass is 10.2. The van der Waals surface area contributed by atoms with E-state index in [0.717, 1.165) is 5.56 Å². The number of benzene rings is 2. The van der Waals surface area contributed by atoms with Crippen LogP contribution < -0.4 is 20.3 Å². The number of fused-ring (bicyclic) bond motifs is 1. The number of aromatic amines is 1. The largest absolute Gasteiger partial charge is 0.497 e. The number of hydrogen-bond donors (Lipinski definition) is 2. The van der Waals surface area contributed by atoms with Crippen LogP contribution in [0, 0.1) is 0 Å². The van der Waals surface area contributed by atoms with E-state index >= 15 is 0 Å². The van der Waals surface area contributed by atoms with Crippen LogP contribution >= 0.6 is 11.8 Å². The summed E-state index contributed by atoms with van der Waals surface area (Å²) in [5, 5.41) is 5.93. The van der Waals surface area contributed by atoms with Gasteiger partial charge in [0.05, 0.1) is 20.0 Å². The Hall–Kier alpha value is -3.79. The van der Waals surface area contributed by atoms with Gasteiger partial charge in [-0.1, -0.05) is 11.8 Å². The van der Waals surface area contributed by atoms with Crippen LogP contribution in [0.5, 0.6) is 11.5 Å². The zero-order valence-corrected chi connectivity index (χ0v) is 17.6. The number of aromatic nitrogens is 4. The Morgan fingerprint density at radius 2 is 1.68 bits per heavy atom. The van der Waals surface area contributed by atoms with E-state index in [0.29, 0.717) is 33.8 Å². The normalized spacial score (nSPS) is 10.8. The lowest BCUT2D eigenvalue weighted by Crippen LogP contribution is -2.15. The summed E-state index contributed by atoms with van der Waals surface area (Å²) in [4.78, 5) is 33.2. The molecule has 9 nitrogen and oxygen atoms in total. The topological polar surface area (TPSA) is 111 Å². The Bertz CT molecular complexity index is 1270. The van der Waals surface area contributed by atoms with Gasteiger partial charge in [0.15, 0.2) is 16.6 Å². The van der Waals surface area contributed by atoms with Crippen molar-refractivity contribution in [1.29, 1.82) is 0 Å². The number of methoxy groups -OCH3 is 2. The summed E-state index contributed by atoms with van der Waals surface area (Å²) in [5.41, 5.74) is 1.55. The van der Waals surface area contributed by atoms with E-state index < -0.39 is 0 Å². The molecule has 0 saturated heterocycles. The molecule has 0 aliphatic rings. The van der Waals surface area contributed by atoms with Gasteiger partial charge in [0.2, 0.25) is 5.91 Å². The van der Waals surface area contributed by atoms with Crippen molar-refractivity contribution in [1.82, 2.24) is 19.6 Å². The number of hydrogen-bond acceptors (Lipinski definition) is 7. The highest BCUT2D eigenvalue weighted by Gasteiger charge is 2.13. The predicted octanol–water partition coefficient (Wildman–Crippen LogP) is 2.83. The van der Waals surface area contributed by atoms with Crippen molar-refractivity contribution < 1.29 is 14.3 Å². The summed E-state index contributed by atoms with van der Waals surface area (Å²) >= 11 is 1.20. The van der Waals surface area contributed by atoms with Crippen LogP contribution in [0.2, 0.25) is 0 Å². The average molecular weight is 437 g/mol. The number of amides is 1. The Morgan fingerprint density at radius 3 is 2.32 bits per heavy atom. The van der Waals surface area contributed by atoms with E-state index in [1.807, 2.05) is 12.1 Å². The van der Waals surface area contributed by atoms with Crippen LogP contribution in [-0.4, -0.2) is 45.5 Å². The van der Waals surface area contributed by atoms with Crippen LogP contribution in [0.25, 0.3) is 17.0 Å². The molecule has 4 aromatic rings. The third-order valence-corrected chi connectivity index (χ3v) is 5.32. The van der Waals surface area contributed by atoms with Crippen molar-refractivity contribution in [2.24, 2.45) is 0 Å². The molecule has 10 heteroatoms. The molecule has 2 N–H and O–H groups in total. The second kappa shape index (κ2) is 8.92. The summed E-state index contributed by atoms with van der Waals surface area (Å²) in [6.07, 6.45) is 0. The molecule has 2 aromatic heterocycles. The predicted molar refractivity (Wildman–Crippen MR) is 118 cm³/mol. The maximum Gasteiger partial charge on any atom is 0.266 e. The van der Waals surface area contributed by atoms with E-state index in [9.17, 15) is 9.59 Å². The van der Waals surface area contributed by atoms with Crippen molar-refractivity contribution in [3.05, 3.63) is 65.0 Å². The minimum Gasteiger partial charge on any atom is -0.497 e. The lowest BCUT2D eigenvalue weighted by Gasteiger charge is -2.09. The summed E-state index contributed by atoms with van der Waals surface area (Å²) in [6.45, 7) is 0. The first-order valence-electron chi connectivity index (χ1n) is 9.26. The smallest absolute Gasteiger partial charge is 0.266 e. The van der Waals surface area contributed by atoms with Gasteiger partial charge in [-0.25, -0.2) is 14.5 Å². The van der Waals surface area contributed by atoms with Gasteiger partial charge in [0.25, 0.3) is 5.56 Å². The molecular weight excluding hydrogens is 418 g/mol. The Morgan fingerprint density at radius 1 is 1.03 bits per heavy atom. The zero-order chi connectivity index (χ0) is 21.8. The fourth-order valence-electron chi connectivity index (χ4n) is 2.85.